The van der Waals surface area contributed by atoms with Gasteiger partial charge in [-0.2, -0.15) is 0 Å². The third-order valence-corrected chi connectivity index (χ3v) is 4.44. The number of carbonyl (C=O) groups excluding carboxylic acids is 2. The zero-order chi connectivity index (χ0) is 21.4. The van der Waals surface area contributed by atoms with E-state index in [9.17, 15) is 30.0 Å². The van der Waals surface area contributed by atoms with Crippen LogP contribution < -0.4 is 5.32 Å². The Hall–Kier alpha value is -1.26. The summed E-state index contributed by atoms with van der Waals surface area (Å²) < 4.78 is 4.98. The first kappa shape index (κ1) is 26.7. The lowest BCUT2D eigenvalue weighted by atomic mass is 10.0. The van der Waals surface area contributed by atoms with E-state index in [1.165, 1.54) is 38.5 Å². The normalized spacial score (nSPS) is 15.5. The SMILES string of the molecule is CCCCCCCCCCCOC(=O)CNC(=O)[C@H](O)[C@@H](O)[C@H](O)[C@H](O)CO. The average Bonchev–Trinajstić information content (AvgIpc) is 2.70. The van der Waals surface area contributed by atoms with Crippen molar-refractivity contribution in [1.29, 1.82) is 0 Å². The summed E-state index contributed by atoms with van der Waals surface area (Å²) in [5.74, 6) is -1.78. The molecular formula is C19H37NO8. The minimum atomic E-state index is -2.07. The van der Waals surface area contributed by atoms with Crippen LogP contribution in [-0.2, 0) is 14.3 Å². The molecule has 9 nitrogen and oxygen atoms in total. The summed E-state index contributed by atoms with van der Waals surface area (Å²) in [5, 5.41) is 48.6. The maximum Gasteiger partial charge on any atom is 0.325 e. The molecule has 166 valence electrons. The summed E-state index contributed by atoms with van der Waals surface area (Å²) in [7, 11) is 0. The van der Waals surface area contributed by atoms with E-state index >= 15 is 0 Å². The minimum Gasteiger partial charge on any atom is -0.464 e. The summed E-state index contributed by atoms with van der Waals surface area (Å²) in [6, 6.07) is 0. The van der Waals surface area contributed by atoms with Gasteiger partial charge in [-0.25, -0.2) is 0 Å². The van der Waals surface area contributed by atoms with Gasteiger partial charge in [-0.15, -0.1) is 0 Å². The molecule has 9 heteroatoms. The van der Waals surface area contributed by atoms with Crippen molar-refractivity contribution in [2.45, 2.75) is 89.1 Å². The molecule has 0 aliphatic heterocycles. The van der Waals surface area contributed by atoms with Crippen molar-refractivity contribution in [1.82, 2.24) is 5.32 Å². The lowest BCUT2D eigenvalue weighted by Gasteiger charge is -2.24. The maximum absolute atomic E-state index is 11.7. The molecule has 0 saturated carbocycles. The highest BCUT2D eigenvalue weighted by Gasteiger charge is 2.34. The van der Waals surface area contributed by atoms with Crippen molar-refractivity contribution in [2.24, 2.45) is 0 Å². The zero-order valence-corrected chi connectivity index (χ0v) is 16.8. The molecule has 0 aliphatic rings. The number of nitrogens with one attached hydrogen (secondary N) is 1. The van der Waals surface area contributed by atoms with Crippen LogP contribution in [0.1, 0.15) is 64.7 Å². The number of carbonyl (C=O) groups is 2. The molecule has 0 saturated heterocycles. The molecule has 0 aliphatic carbocycles. The van der Waals surface area contributed by atoms with Crippen LogP contribution in [0.4, 0.5) is 0 Å². The Bertz CT molecular complexity index is 421. The third-order valence-electron chi connectivity index (χ3n) is 4.44. The highest BCUT2D eigenvalue weighted by Crippen LogP contribution is 2.09. The third kappa shape index (κ3) is 12.2. The van der Waals surface area contributed by atoms with E-state index < -0.39 is 49.4 Å². The highest BCUT2D eigenvalue weighted by molar-refractivity contribution is 5.85. The number of hydrogen-bond acceptors (Lipinski definition) is 8. The highest BCUT2D eigenvalue weighted by atomic mass is 16.5. The van der Waals surface area contributed by atoms with Gasteiger partial charge in [-0.05, 0) is 6.42 Å². The number of hydrogen-bond donors (Lipinski definition) is 6. The van der Waals surface area contributed by atoms with Crippen LogP contribution >= 0.6 is 0 Å². The van der Waals surface area contributed by atoms with E-state index in [2.05, 4.69) is 12.2 Å². The Morgan fingerprint density at radius 2 is 1.39 bits per heavy atom. The predicted octanol–water partition coefficient (Wildman–Crippen LogP) is -0.387. The molecule has 0 heterocycles. The molecule has 0 unspecified atom stereocenters. The lowest BCUT2D eigenvalue weighted by molar-refractivity contribution is -0.152. The smallest absolute Gasteiger partial charge is 0.325 e. The molecule has 0 fully saturated rings. The fourth-order valence-electron chi connectivity index (χ4n) is 2.59. The van der Waals surface area contributed by atoms with Gasteiger partial charge >= 0.3 is 5.97 Å². The van der Waals surface area contributed by atoms with Crippen molar-refractivity contribution >= 4 is 11.9 Å². The van der Waals surface area contributed by atoms with Gasteiger partial charge in [0.25, 0.3) is 5.91 Å². The average molecular weight is 408 g/mol. The van der Waals surface area contributed by atoms with Gasteiger partial charge in [0.1, 0.15) is 24.9 Å². The van der Waals surface area contributed by atoms with E-state index in [-0.39, 0.29) is 6.61 Å². The first-order valence-corrected chi connectivity index (χ1v) is 10.1. The van der Waals surface area contributed by atoms with Gasteiger partial charge in [0.2, 0.25) is 0 Å². The second kappa shape index (κ2) is 16.7. The summed E-state index contributed by atoms with van der Waals surface area (Å²) in [6.07, 6.45) is 2.55. The van der Waals surface area contributed by atoms with Crippen LogP contribution in [0.15, 0.2) is 0 Å². The van der Waals surface area contributed by atoms with Crippen LogP contribution in [0.5, 0.6) is 0 Å². The summed E-state index contributed by atoms with van der Waals surface area (Å²) in [4.78, 5) is 23.2. The summed E-state index contributed by atoms with van der Waals surface area (Å²) in [6.45, 7) is 1.10. The van der Waals surface area contributed by atoms with Crippen LogP contribution in [0.2, 0.25) is 0 Å². The fourth-order valence-corrected chi connectivity index (χ4v) is 2.59. The molecular weight excluding hydrogens is 370 g/mol. The summed E-state index contributed by atoms with van der Waals surface area (Å²) >= 11 is 0. The quantitative estimate of drug-likeness (QED) is 0.141. The molecule has 0 aromatic carbocycles. The van der Waals surface area contributed by atoms with E-state index in [1.54, 1.807) is 0 Å². The first-order valence-electron chi connectivity index (χ1n) is 10.1. The number of aliphatic hydroxyl groups is 5. The molecule has 4 atom stereocenters. The topological polar surface area (TPSA) is 157 Å². The number of rotatable bonds is 17. The number of esters is 1. The van der Waals surface area contributed by atoms with Crippen LogP contribution in [0.3, 0.4) is 0 Å². The Morgan fingerprint density at radius 3 is 1.93 bits per heavy atom. The van der Waals surface area contributed by atoms with E-state index in [4.69, 9.17) is 9.84 Å². The van der Waals surface area contributed by atoms with Gasteiger partial charge in [-0.3, -0.25) is 9.59 Å². The Morgan fingerprint density at radius 1 is 0.857 bits per heavy atom. The van der Waals surface area contributed by atoms with Gasteiger partial charge in [-0.1, -0.05) is 58.3 Å². The molecule has 1 amide bonds. The van der Waals surface area contributed by atoms with Gasteiger partial charge in [0, 0.05) is 0 Å². The van der Waals surface area contributed by atoms with Crippen molar-refractivity contribution in [3.8, 4) is 0 Å². The number of amides is 1. The fraction of sp³-hybridized carbons (Fsp3) is 0.895. The predicted molar refractivity (Wildman–Crippen MR) is 102 cm³/mol. The Kier molecular flexibility index (Phi) is 15.9. The minimum absolute atomic E-state index is 0.247. The molecule has 0 aromatic rings. The number of ether oxygens (including phenoxy) is 1. The van der Waals surface area contributed by atoms with Crippen molar-refractivity contribution in [2.75, 3.05) is 19.8 Å². The largest absolute Gasteiger partial charge is 0.464 e. The number of aliphatic hydroxyl groups excluding tert-OH is 5. The second-order valence-electron chi connectivity index (χ2n) is 6.94. The van der Waals surface area contributed by atoms with E-state index in [1.807, 2.05) is 0 Å². The van der Waals surface area contributed by atoms with Crippen LogP contribution in [-0.4, -0.2) is 81.6 Å². The second-order valence-corrected chi connectivity index (χ2v) is 6.94. The van der Waals surface area contributed by atoms with E-state index in [0.29, 0.717) is 0 Å². The maximum atomic E-state index is 11.7. The molecule has 0 rings (SSSR count). The van der Waals surface area contributed by atoms with Gasteiger partial charge in [0.05, 0.1) is 13.2 Å². The van der Waals surface area contributed by atoms with Crippen molar-refractivity contribution < 1.29 is 39.9 Å². The summed E-state index contributed by atoms with van der Waals surface area (Å²) in [5.41, 5.74) is 0. The molecule has 0 spiro atoms. The number of unbranched alkanes of at least 4 members (excludes halogenated alkanes) is 8. The Labute approximate surface area is 166 Å². The van der Waals surface area contributed by atoms with Crippen LogP contribution in [0, 0.1) is 0 Å². The van der Waals surface area contributed by atoms with Gasteiger partial charge in [0.15, 0.2) is 6.10 Å². The molecule has 0 aromatic heterocycles. The monoisotopic (exact) mass is 407 g/mol. The lowest BCUT2D eigenvalue weighted by Crippen LogP contribution is -2.52. The Balaban J connectivity index is 3.78. The standard InChI is InChI=1S/C19H37NO8/c1-2-3-4-5-6-7-8-9-10-11-28-15(23)12-20-19(27)18(26)17(25)16(24)14(22)13-21/h14,16-18,21-22,24-26H,2-13H2,1H3,(H,20,27)/t14-,16-,17+,18-/m1/s1. The van der Waals surface area contributed by atoms with Crippen LogP contribution in [0.25, 0.3) is 0 Å². The molecule has 28 heavy (non-hydrogen) atoms. The molecule has 0 radical (unpaired) electrons. The molecule has 6 N–H and O–H groups in total. The van der Waals surface area contributed by atoms with Crippen molar-refractivity contribution in [3.63, 3.8) is 0 Å². The van der Waals surface area contributed by atoms with Crippen molar-refractivity contribution in [3.05, 3.63) is 0 Å². The van der Waals surface area contributed by atoms with Gasteiger partial charge < -0.3 is 35.6 Å². The molecule has 0 bridgehead atoms. The first-order chi connectivity index (χ1) is 13.3. The van der Waals surface area contributed by atoms with E-state index in [0.717, 1.165) is 19.3 Å². The zero-order valence-electron chi connectivity index (χ0n) is 16.8.